The van der Waals surface area contributed by atoms with E-state index in [1.54, 1.807) is 0 Å². The van der Waals surface area contributed by atoms with Gasteiger partial charge in [-0.05, 0) is 18.1 Å². The molecule has 0 radical (unpaired) electrons. The second-order valence-corrected chi connectivity index (χ2v) is 4.80. The quantitative estimate of drug-likeness (QED) is 0.762. The molecule has 1 heterocycles. The molecule has 0 saturated heterocycles. The lowest BCUT2D eigenvalue weighted by atomic mass is 10.1. The van der Waals surface area contributed by atoms with Gasteiger partial charge in [0.2, 0.25) is 0 Å². The number of Topliss-reactive ketones (excluding diaryl/α,β-unsaturated/α-hetero) is 1. The van der Waals surface area contributed by atoms with Crippen molar-refractivity contribution in [1.29, 1.82) is 0 Å². The highest BCUT2D eigenvalue weighted by Gasteiger charge is 2.39. The van der Waals surface area contributed by atoms with Crippen LogP contribution in [0.1, 0.15) is 24.2 Å². The van der Waals surface area contributed by atoms with Crippen LogP contribution >= 0.6 is 11.6 Å². The van der Waals surface area contributed by atoms with Crippen LogP contribution in [0.5, 0.6) is 0 Å². The molecule has 0 bridgehead atoms. The van der Waals surface area contributed by atoms with Crippen LogP contribution in [0.4, 0.5) is 10.1 Å². The second kappa shape index (κ2) is 4.11. The zero-order valence-corrected chi connectivity index (χ0v) is 10.2. The molecule has 5 heteroatoms. The minimum Gasteiger partial charge on any atom is -0.302 e. The van der Waals surface area contributed by atoms with Gasteiger partial charge in [-0.25, -0.2) is 4.39 Å². The standard InChI is InChI=1S/C12H11ClFNO2/c1-6(2)5-15-10-8(14)4-3-7(13)9(10)11(16)12(15)17/h3-4,6H,5H2,1-2H3. The van der Waals surface area contributed by atoms with E-state index in [9.17, 15) is 14.0 Å². The molecule has 1 aromatic rings. The zero-order chi connectivity index (χ0) is 12.7. The summed E-state index contributed by atoms with van der Waals surface area (Å²) < 4.78 is 13.7. The first-order valence-electron chi connectivity index (χ1n) is 5.27. The van der Waals surface area contributed by atoms with E-state index in [1.807, 2.05) is 13.8 Å². The lowest BCUT2D eigenvalue weighted by Gasteiger charge is -2.19. The first kappa shape index (κ1) is 12.0. The van der Waals surface area contributed by atoms with Gasteiger partial charge in [0.1, 0.15) is 5.82 Å². The summed E-state index contributed by atoms with van der Waals surface area (Å²) in [5.41, 5.74) is -0.00137. The number of rotatable bonds is 2. The Balaban J connectivity index is 2.59. The Kier molecular flexibility index (Phi) is 2.91. The van der Waals surface area contributed by atoms with Gasteiger partial charge in [-0.15, -0.1) is 0 Å². The number of benzene rings is 1. The van der Waals surface area contributed by atoms with Crippen molar-refractivity contribution in [2.75, 3.05) is 11.4 Å². The van der Waals surface area contributed by atoms with Gasteiger partial charge in [-0.3, -0.25) is 9.59 Å². The smallest absolute Gasteiger partial charge is 0.299 e. The molecular formula is C12H11ClFNO2. The molecule has 0 aromatic heterocycles. The van der Waals surface area contributed by atoms with Gasteiger partial charge in [0.05, 0.1) is 16.3 Å². The molecular weight excluding hydrogens is 245 g/mol. The van der Waals surface area contributed by atoms with Crippen molar-refractivity contribution >= 4 is 29.0 Å². The number of hydrogen-bond acceptors (Lipinski definition) is 2. The number of halogens is 2. The third kappa shape index (κ3) is 1.82. The number of fused-ring (bicyclic) bond motifs is 1. The molecule has 1 aliphatic rings. The fourth-order valence-corrected chi connectivity index (χ4v) is 2.13. The van der Waals surface area contributed by atoms with Crippen molar-refractivity contribution in [1.82, 2.24) is 0 Å². The van der Waals surface area contributed by atoms with Gasteiger partial charge >= 0.3 is 0 Å². The molecule has 1 amide bonds. The number of amides is 1. The Morgan fingerprint density at radius 1 is 1.35 bits per heavy atom. The molecule has 0 saturated carbocycles. The van der Waals surface area contributed by atoms with Crippen LogP contribution in [0.15, 0.2) is 12.1 Å². The number of carbonyl (C=O) groups excluding carboxylic acids is 2. The molecule has 1 aliphatic heterocycles. The predicted molar refractivity (Wildman–Crippen MR) is 62.9 cm³/mol. The van der Waals surface area contributed by atoms with Crippen LogP contribution in [-0.2, 0) is 4.79 Å². The van der Waals surface area contributed by atoms with E-state index in [0.717, 1.165) is 0 Å². The van der Waals surface area contributed by atoms with Gasteiger partial charge in [0.25, 0.3) is 11.7 Å². The summed E-state index contributed by atoms with van der Waals surface area (Å²) >= 11 is 5.84. The number of ketones is 1. The minimum absolute atomic E-state index is 0.0150. The number of hydrogen-bond donors (Lipinski definition) is 0. The van der Waals surface area contributed by atoms with Crippen LogP contribution in [0.2, 0.25) is 5.02 Å². The number of nitrogens with zero attached hydrogens (tertiary/aromatic N) is 1. The second-order valence-electron chi connectivity index (χ2n) is 4.39. The Morgan fingerprint density at radius 3 is 2.59 bits per heavy atom. The van der Waals surface area contributed by atoms with E-state index in [2.05, 4.69) is 0 Å². The highest BCUT2D eigenvalue weighted by Crippen LogP contribution is 2.36. The maximum absolute atomic E-state index is 13.7. The average Bonchev–Trinajstić information content (AvgIpc) is 2.49. The third-order valence-corrected chi connectivity index (χ3v) is 2.88. The maximum atomic E-state index is 13.7. The van der Waals surface area contributed by atoms with Crippen molar-refractivity contribution < 1.29 is 14.0 Å². The van der Waals surface area contributed by atoms with E-state index in [1.165, 1.54) is 17.0 Å². The SMILES string of the molecule is CC(C)CN1C(=O)C(=O)c2c(Cl)ccc(F)c21. The Bertz CT molecular complexity index is 513. The Labute approximate surface area is 103 Å². The summed E-state index contributed by atoms with van der Waals surface area (Å²) in [6, 6.07) is 2.46. The summed E-state index contributed by atoms with van der Waals surface area (Å²) in [5, 5.41) is 0.117. The van der Waals surface area contributed by atoms with E-state index >= 15 is 0 Å². The Morgan fingerprint density at radius 2 is 2.00 bits per heavy atom. The Hall–Kier alpha value is -1.42. The first-order valence-corrected chi connectivity index (χ1v) is 5.65. The van der Waals surface area contributed by atoms with Crippen LogP contribution in [-0.4, -0.2) is 18.2 Å². The highest BCUT2D eigenvalue weighted by atomic mass is 35.5. The lowest BCUT2D eigenvalue weighted by Crippen LogP contribution is -2.33. The normalized spacial score (nSPS) is 14.8. The summed E-state index contributed by atoms with van der Waals surface area (Å²) in [4.78, 5) is 24.6. The third-order valence-electron chi connectivity index (χ3n) is 2.56. The van der Waals surface area contributed by atoms with Gasteiger partial charge in [0.15, 0.2) is 0 Å². The molecule has 0 aliphatic carbocycles. The number of carbonyl (C=O) groups is 2. The fourth-order valence-electron chi connectivity index (χ4n) is 1.89. The molecule has 2 rings (SSSR count). The lowest BCUT2D eigenvalue weighted by molar-refractivity contribution is -0.114. The molecule has 0 unspecified atom stereocenters. The van der Waals surface area contributed by atoms with Gasteiger partial charge in [-0.2, -0.15) is 0 Å². The van der Waals surface area contributed by atoms with E-state index < -0.39 is 17.5 Å². The minimum atomic E-state index is -0.731. The van der Waals surface area contributed by atoms with Crippen LogP contribution in [0.25, 0.3) is 0 Å². The van der Waals surface area contributed by atoms with Gasteiger partial charge in [0, 0.05) is 6.54 Å². The molecule has 0 atom stereocenters. The van der Waals surface area contributed by atoms with Crippen molar-refractivity contribution in [3.8, 4) is 0 Å². The number of anilines is 1. The van der Waals surface area contributed by atoms with Crippen LogP contribution in [0, 0.1) is 11.7 Å². The molecule has 0 spiro atoms. The largest absolute Gasteiger partial charge is 0.302 e. The summed E-state index contributed by atoms with van der Waals surface area (Å²) in [5.74, 6) is -1.90. The zero-order valence-electron chi connectivity index (χ0n) is 9.46. The maximum Gasteiger partial charge on any atom is 0.299 e. The van der Waals surface area contributed by atoms with E-state index in [4.69, 9.17) is 11.6 Å². The molecule has 1 aromatic carbocycles. The van der Waals surface area contributed by atoms with Gasteiger partial charge < -0.3 is 4.90 Å². The van der Waals surface area contributed by atoms with Crippen LogP contribution < -0.4 is 4.90 Å². The predicted octanol–water partition coefficient (Wildman–Crippen LogP) is 2.66. The highest BCUT2D eigenvalue weighted by molar-refractivity contribution is 6.55. The summed E-state index contributed by atoms with van der Waals surface area (Å²) in [6.07, 6.45) is 0. The van der Waals surface area contributed by atoms with Crippen LogP contribution in [0.3, 0.4) is 0 Å². The van der Waals surface area contributed by atoms with Crippen molar-refractivity contribution in [2.24, 2.45) is 5.92 Å². The van der Waals surface area contributed by atoms with E-state index in [0.29, 0.717) is 6.54 Å². The monoisotopic (exact) mass is 255 g/mol. The van der Waals surface area contributed by atoms with Gasteiger partial charge in [-0.1, -0.05) is 25.4 Å². The molecule has 0 fully saturated rings. The topological polar surface area (TPSA) is 37.4 Å². The average molecular weight is 256 g/mol. The molecule has 17 heavy (non-hydrogen) atoms. The first-order chi connectivity index (χ1) is 7.93. The fraction of sp³-hybridized carbons (Fsp3) is 0.333. The van der Waals surface area contributed by atoms with Crippen molar-refractivity contribution in [3.05, 3.63) is 28.5 Å². The van der Waals surface area contributed by atoms with Crippen molar-refractivity contribution in [2.45, 2.75) is 13.8 Å². The molecule has 90 valence electrons. The summed E-state index contributed by atoms with van der Waals surface area (Å²) in [6.45, 7) is 4.07. The molecule has 0 N–H and O–H groups in total. The summed E-state index contributed by atoms with van der Waals surface area (Å²) in [7, 11) is 0. The van der Waals surface area contributed by atoms with E-state index in [-0.39, 0.29) is 22.2 Å². The molecule has 3 nitrogen and oxygen atoms in total. The van der Waals surface area contributed by atoms with Crippen molar-refractivity contribution in [3.63, 3.8) is 0 Å².